The Morgan fingerprint density at radius 3 is 1.58 bits per heavy atom. The second kappa shape index (κ2) is 11.8. The SMILES string of the molecule is c1ccc(N(c2ccccc2)c2cccc(-c3ccccc3N(c3ccccc3)c3ccc4c(c3)sc3ccccc34)c2)cc1. The van der Waals surface area contributed by atoms with Crippen molar-refractivity contribution in [1.29, 1.82) is 0 Å². The van der Waals surface area contributed by atoms with Gasteiger partial charge in [0.25, 0.3) is 0 Å². The molecule has 0 unspecified atom stereocenters. The lowest BCUT2D eigenvalue weighted by molar-refractivity contribution is 1.28. The second-order valence-corrected chi connectivity index (χ2v) is 12.1. The summed E-state index contributed by atoms with van der Waals surface area (Å²) in [5.41, 5.74) is 9.07. The highest BCUT2D eigenvalue weighted by atomic mass is 32.1. The quantitative estimate of drug-likeness (QED) is 0.181. The van der Waals surface area contributed by atoms with Crippen LogP contribution in [0.25, 0.3) is 31.3 Å². The lowest BCUT2D eigenvalue weighted by Gasteiger charge is -2.29. The summed E-state index contributed by atoms with van der Waals surface area (Å²) < 4.78 is 2.60. The summed E-state index contributed by atoms with van der Waals surface area (Å²) in [5, 5.41) is 2.61. The van der Waals surface area contributed by atoms with Crippen LogP contribution in [-0.4, -0.2) is 0 Å². The van der Waals surface area contributed by atoms with E-state index in [-0.39, 0.29) is 0 Å². The molecule has 0 aliphatic rings. The van der Waals surface area contributed by atoms with Gasteiger partial charge in [-0.2, -0.15) is 0 Å². The van der Waals surface area contributed by atoms with Crippen LogP contribution in [0.2, 0.25) is 0 Å². The Kier molecular flexibility index (Phi) is 7.07. The molecule has 3 heteroatoms. The van der Waals surface area contributed by atoms with E-state index in [0.717, 1.165) is 39.7 Å². The van der Waals surface area contributed by atoms with E-state index in [0.29, 0.717) is 0 Å². The van der Waals surface area contributed by atoms with Gasteiger partial charge in [-0.3, -0.25) is 0 Å². The van der Waals surface area contributed by atoms with Crippen LogP contribution in [0.5, 0.6) is 0 Å². The molecule has 0 atom stereocenters. The lowest BCUT2D eigenvalue weighted by atomic mass is 10.0. The molecule has 8 rings (SSSR count). The summed E-state index contributed by atoms with van der Waals surface area (Å²) in [5.74, 6) is 0. The zero-order valence-corrected chi connectivity index (χ0v) is 25.4. The number of hydrogen-bond acceptors (Lipinski definition) is 3. The molecule has 0 radical (unpaired) electrons. The van der Waals surface area contributed by atoms with Gasteiger partial charge in [0.05, 0.1) is 5.69 Å². The summed E-state index contributed by atoms with van der Waals surface area (Å²) in [6.45, 7) is 0. The fraction of sp³-hybridized carbons (Fsp3) is 0. The zero-order chi connectivity index (χ0) is 30.0. The smallest absolute Gasteiger partial charge is 0.0540 e. The van der Waals surface area contributed by atoms with E-state index in [9.17, 15) is 0 Å². The Hall–Kier alpha value is -5.64. The largest absolute Gasteiger partial charge is 0.310 e. The first-order chi connectivity index (χ1) is 22.3. The van der Waals surface area contributed by atoms with Crippen LogP contribution in [0.4, 0.5) is 34.1 Å². The van der Waals surface area contributed by atoms with Crippen LogP contribution >= 0.6 is 11.3 Å². The number of hydrogen-bond donors (Lipinski definition) is 0. The van der Waals surface area contributed by atoms with Gasteiger partial charge in [0, 0.05) is 54.2 Å². The fourth-order valence-corrected chi connectivity index (χ4v) is 7.32. The maximum atomic E-state index is 2.39. The molecule has 45 heavy (non-hydrogen) atoms. The Bertz CT molecular complexity index is 2180. The van der Waals surface area contributed by atoms with Crippen molar-refractivity contribution < 1.29 is 0 Å². The number of rotatable bonds is 7. The standard InChI is InChI=1S/C42H30N2S/c1-4-16-32(17-5-1)43(33-18-6-2-7-19-33)35-22-14-15-31(29-35)37-23-10-12-25-40(37)44(34-20-8-3-9-21-34)36-27-28-39-38-24-11-13-26-41(38)45-42(39)30-36/h1-30H. The summed E-state index contributed by atoms with van der Waals surface area (Å²) >= 11 is 1.85. The first kappa shape index (κ1) is 26.9. The molecular weight excluding hydrogens is 565 g/mol. The average molecular weight is 595 g/mol. The molecule has 7 aromatic carbocycles. The predicted molar refractivity (Wildman–Crippen MR) is 194 cm³/mol. The Labute approximate surface area is 267 Å². The molecule has 0 saturated heterocycles. The van der Waals surface area contributed by atoms with Gasteiger partial charge in [-0.25, -0.2) is 0 Å². The normalized spacial score (nSPS) is 11.1. The average Bonchev–Trinajstić information content (AvgIpc) is 3.48. The molecule has 8 aromatic rings. The molecule has 214 valence electrons. The van der Waals surface area contributed by atoms with E-state index in [2.05, 4.69) is 192 Å². The van der Waals surface area contributed by atoms with Gasteiger partial charge in [-0.1, -0.05) is 109 Å². The van der Waals surface area contributed by atoms with E-state index in [1.54, 1.807) is 0 Å². The van der Waals surface area contributed by atoms with Crippen molar-refractivity contribution in [2.45, 2.75) is 0 Å². The van der Waals surface area contributed by atoms with Crippen LogP contribution in [0.3, 0.4) is 0 Å². The van der Waals surface area contributed by atoms with Gasteiger partial charge < -0.3 is 9.80 Å². The minimum absolute atomic E-state index is 1.11. The third kappa shape index (κ3) is 5.14. The van der Waals surface area contributed by atoms with Crippen LogP contribution < -0.4 is 9.80 Å². The molecule has 0 saturated carbocycles. The summed E-state index contributed by atoms with van der Waals surface area (Å²) in [4.78, 5) is 4.70. The van der Waals surface area contributed by atoms with Crippen LogP contribution in [0.15, 0.2) is 182 Å². The molecule has 0 bridgehead atoms. The predicted octanol–water partition coefficient (Wildman–Crippen LogP) is 12.7. The van der Waals surface area contributed by atoms with Crippen molar-refractivity contribution in [2.75, 3.05) is 9.80 Å². The van der Waals surface area contributed by atoms with E-state index >= 15 is 0 Å². The molecule has 1 heterocycles. The Balaban J connectivity index is 1.28. The summed E-state index contributed by atoms with van der Waals surface area (Å²) in [6, 6.07) is 65.0. The maximum Gasteiger partial charge on any atom is 0.0540 e. The van der Waals surface area contributed by atoms with E-state index in [4.69, 9.17) is 0 Å². The van der Waals surface area contributed by atoms with Crippen LogP contribution in [-0.2, 0) is 0 Å². The number of para-hydroxylation sites is 4. The van der Waals surface area contributed by atoms with Crippen LogP contribution in [0.1, 0.15) is 0 Å². The van der Waals surface area contributed by atoms with Crippen molar-refractivity contribution in [1.82, 2.24) is 0 Å². The van der Waals surface area contributed by atoms with Gasteiger partial charge in [0.1, 0.15) is 0 Å². The second-order valence-electron chi connectivity index (χ2n) is 11.0. The molecule has 2 nitrogen and oxygen atoms in total. The number of anilines is 6. The Morgan fingerprint density at radius 2 is 0.867 bits per heavy atom. The molecule has 1 aromatic heterocycles. The van der Waals surface area contributed by atoms with E-state index in [1.807, 2.05) is 11.3 Å². The molecule has 0 fully saturated rings. The van der Waals surface area contributed by atoms with Crippen LogP contribution in [0, 0.1) is 0 Å². The van der Waals surface area contributed by atoms with Crippen molar-refractivity contribution in [3.05, 3.63) is 182 Å². The first-order valence-corrected chi connectivity index (χ1v) is 16.0. The molecule has 0 aliphatic heterocycles. The number of thiophene rings is 1. The van der Waals surface area contributed by atoms with Gasteiger partial charge in [-0.05, 0) is 78.4 Å². The fourth-order valence-electron chi connectivity index (χ4n) is 6.18. The number of nitrogens with zero attached hydrogens (tertiary/aromatic N) is 2. The number of fused-ring (bicyclic) bond motifs is 3. The first-order valence-electron chi connectivity index (χ1n) is 15.2. The van der Waals surface area contributed by atoms with Crippen molar-refractivity contribution in [3.8, 4) is 11.1 Å². The highest BCUT2D eigenvalue weighted by Gasteiger charge is 2.19. The lowest BCUT2D eigenvalue weighted by Crippen LogP contribution is -2.11. The highest BCUT2D eigenvalue weighted by Crippen LogP contribution is 2.44. The molecule has 0 spiro atoms. The molecular formula is C42H30N2S. The molecule has 0 aliphatic carbocycles. The number of benzene rings is 7. The molecule has 0 N–H and O–H groups in total. The monoisotopic (exact) mass is 594 g/mol. The van der Waals surface area contributed by atoms with Gasteiger partial charge in [0.15, 0.2) is 0 Å². The third-order valence-electron chi connectivity index (χ3n) is 8.22. The highest BCUT2D eigenvalue weighted by molar-refractivity contribution is 7.25. The van der Waals surface area contributed by atoms with E-state index < -0.39 is 0 Å². The van der Waals surface area contributed by atoms with Gasteiger partial charge >= 0.3 is 0 Å². The van der Waals surface area contributed by atoms with Crippen molar-refractivity contribution in [3.63, 3.8) is 0 Å². The van der Waals surface area contributed by atoms with Gasteiger partial charge in [-0.15, -0.1) is 11.3 Å². The third-order valence-corrected chi connectivity index (χ3v) is 9.36. The van der Waals surface area contributed by atoms with Crippen molar-refractivity contribution >= 4 is 65.6 Å². The zero-order valence-electron chi connectivity index (χ0n) is 24.6. The minimum Gasteiger partial charge on any atom is -0.310 e. The summed E-state index contributed by atoms with van der Waals surface area (Å²) in [6.07, 6.45) is 0. The Morgan fingerprint density at radius 1 is 0.333 bits per heavy atom. The summed E-state index contributed by atoms with van der Waals surface area (Å²) in [7, 11) is 0. The van der Waals surface area contributed by atoms with Gasteiger partial charge in [0.2, 0.25) is 0 Å². The topological polar surface area (TPSA) is 6.48 Å². The minimum atomic E-state index is 1.11. The molecule has 0 amide bonds. The van der Waals surface area contributed by atoms with Crippen molar-refractivity contribution in [2.24, 2.45) is 0 Å². The van der Waals surface area contributed by atoms with E-state index in [1.165, 1.54) is 25.7 Å². The maximum absolute atomic E-state index is 2.39.